The second kappa shape index (κ2) is 6.93. The van der Waals surface area contributed by atoms with Crippen molar-refractivity contribution in [3.05, 3.63) is 83.9 Å². The summed E-state index contributed by atoms with van der Waals surface area (Å²) in [5.74, 6) is -0.578. The van der Waals surface area contributed by atoms with Crippen LogP contribution in [0.5, 0.6) is 0 Å². The lowest BCUT2D eigenvalue weighted by Crippen LogP contribution is -2.11. The van der Waals surface area contributed by atoms with Gasteiger partial charge in [0.1, 0.15) is 17.1 Å². The average molecular weight is 364 g/mol. The van der Waals surface area contributed by atoms with Gasteiger partial charge in [-0.05, 0) is 24.3 Å². The molecule has 0 atom stereocenters. The van der Waals surface area contributed by atoms with E-state index in [9.17, 15) is 9.18 Å². The van der Waals surface area contributed by atoms with Gasteiger partial charge < -0.3 is 9.73 Å². The minimum atomic E-state index is -0.310. The fraction of sp³-hybridized carbons (Fsp3) is 0. The number of carbonyl (C=O) groups excluding carboxylic acids is 1. The Morgan fingerprint density at radius 3 is 2.58 bits per heavy atom. The third kappa shape index (κ3) is 3.14. The molecule has 0 spiro atoms. The summed E-state index contributed by atoms with van der Waals surface area (Å²) < 4.78 is 18.9. The van der Waals surface area contributed by atoms with Gasteiger partial charge >= 0.3 is 0 Å². The number of aromatic nitrogens is 1. The lowest BCUT2D eigenvalue weighted by Gasteiger charge is -2.08. The standard InChI is InChI=1S/C20H13FN2O2S/c21-16-7-3-1-5-14(16)20-23-18(12-26-20)15-6-2-4-8-17(15)22-19(24)13-9-10-25-11-13/h1-12H,(H,22,24). The molecule has 26 heavy (non-hydrogen) atoms. The van der Waals surface area contributed by atoms with Gasteiger partial charge in [0, 0.05) is 16.5 Å². The van der Waals surface area contributed by atoms with Gasteiger partial charge in [-0.2, -0.15) is 0 Å². The lowest BCUT2D eigenvalue weighted by molar-refractivity contribution is 0.102. The van der Waals surface area contributed by atoms with E-state index in [1.807, 2.05) is 23.6 Å². The van der Waals surface area contributed by atoms with E-state index in [0.29, 0.717) is 27.5 Å². The van der Waals surface area contributed by atoms with Crippen molar-refractivity contribution in [2.75, 3.05) is 5.32 Å². The lowest BCUT2D eigenvalue weighted by atomic mass is 10.1. The van der Waals surface area contributed by atoms with Crippen LogP contribution in [0.25, 0.3) is 21.8 Å². The zero-order valence-electron chi connectivity index (χ0n) is 13.5. The van der Waals surface area contributed by atoms with Crippen LogP contribution in [0, 0.1) is 5.82 Å². The number of nitrogens with one attached hydrogen (secondary N) is 1. The second-order valence-electron chi connectivity index (χ2n) is 5.53. The molecule has 0 fully saturated rings. The Morgan fingerprint density at radius 2 is 1.81 bits per heavy atom. The molecule has 4 rings (SSSR count). The van der Waals surface area contributed by atoms with Gasteiger partial charge in [0.15, 0.2) is 0 Å². The van der Waals surface area contributed by atoms with Gasteiger partial charge in [-0.1, -0.05) is 30.3 Å². The number of rotatable bonds is 4. The van der Waals surface area contributed by atoms with Crippen molar-refractivity contribution in [3.8, 4) is 21.8 Å². The third-order valence-corrected chi connectivity index (χ3v) is 4.72. The molecule has 0 saturated heterocycles. The Bertz CT molecular complexity index is 1060. The van der Waals surface area contributed by atoms with Gasteiger partial charge in [0.25, 0.3) is 5.91 Å². The summed E-state index contributed by atoms with van der Waals surface area (Å²) in [6, 6.07) is 15.5. The molecule has 0 aliphatic rings. The van der Waals surface area contributed by atoms with Crippen molar-refractivity contribution in [3.63, 3.8) is 0 Å². The van der Waals surface area contributed by atoms with E-state index in [1.54, 1.807) is 30.3 Å². The number of amides is 1. The minimum absolute atomic E-state index is 0.268. The van der Waals surface area contributed by atoms with Crippen molar-refractivity contribution in [2.24, 2.45) is 0 Å². The molecular formula is C20H13FN2O2S. The molecule has 2 heterocycles. The molecular weight excluding hydrogens is 351 g/mol. The predicted octanol–water partition coefficient (Wildman–Crippen LogP) is 5.46. The monoisotopic (exact) mass is 364 g/mol. The molecule has 0 unspecified atom stereocenters. The molecule has 6 heteroatoms. The van der Waals surface area contributed by atoms with Gasteiger partial charge in [0.2, 0.25) is 0 Å². The molecule has 0 radical (unpaired) electrons. The van der Waals surface area contributed by atoms with Crippen LogP contribution in [0.4, 0.5) is 10.1 Å². The van der Waals surface area contributed by atoms with Crippen LogP contribution >= 0.6 is 11.3 Å². The first-order valence-electron chi connectivity index (χ1n) is 7.86. The van der Waals surface area contributed by atoms with E-state index < -0.39 is 0 Å². The first kappa shape index (κ1) is 16.2. The number of anilines is 1. The van der Waals surface area contributed by atoms with Crippen LogP contribution in [0.3, 0.4) is 0 Å². The normalized spacial score (nSPS) is 10.7. The van der Waals surface area contributed by atoms with E-state index in [-0.39, 0.29) is 11.7 Å². The van der Waals surface area contributed by atoms with Gasteiger partial charge in [-0.3, -0.25) is 4.79 Å². The molecule has 0 aliphatic carbocycles. The summed E-state index contributed by atoms with van der Waals surface area (Å²) in [5.41, 5.74) is 2.97. The third-order valence-electron chi connectivity index (χ3n) is 3.84. The molecule has 1 N–H and O–H groups in total. The summed E-state index contributed by atoms with van der Waals surface area (Å²) in [6.07, 6.45) is 2.83. The summed E-state index contributed by atoms with van der Waals surface area (Å²) >= 11 is 1.36. The molecule has 128 valence electrons. The van der Waals surface area contributed by atoms with E-state index in [4.69, 9.17) is 4.42 Å². The number of halogens is 1. The maximum absolute atomic E-state index is 14.0. The van der Waals surface area contributed by atoms with E-state index >= 15 is 0 Å². The summed E-state index contributed by atoms with van der Waals surface area (Å²) in [4.78, 5) is 16.8. The zero-order chi connectivity index (χ0) is 17.9. The topological polar surface area (TPSA) is 55.1 Å². The van der Waals surface area contributed by atoms with Crippen LogP contribution in [0.15, 0.2) is 76.9 Å². The molecule has 0 saturated carbocycles. The highest BCUT2D eigenvalue weighted by Crippen LogP contribution is 2.33. The largest absolute Gasteiger partial charge is 0.472 e. The summed E-state index contributed by atoms with van der Waals surface area (Å²) in [6.45, 7) is 0. The Morgan fingerprint density at radius 1 is 1.04 bits per heavy atom. The van der Waals surface area contributed by atoms with Crippen LogP contribution in [-0.4, -0.2) is 10.9 Å². The number of thiazole rings is 1. The quantitative estimate of drug-likeness (QED) is 0.523. The Kier molecular flexibility index (Phi) is 4.33. The Labute approximate surface area is 152 Å². The maximum Gasteiger partial charge on any atom is 0.258 e. The number of para-hydroxylation sites is 1. The van der Waals surface area contributed by atoms with E-state index in [2.05, 4.69) is 10.3 Å². The van der Waals surface area contributed by atoms with Crippen molar-refractivity contribution in [2.45, 2.75) is 0 Å². The molecule has 4 nitrogen and oxygen atoms in total. The van der Waals surface area contributed by atoms with Crippen LogP contribution < -0.4 is 5.32 Å². The van der Waals surface area contributed by atoms with Gasteiger partial charge in [-0.15, -0.1) is 11.3 Å². The zero-order valence-corrected chi connectivity index (χ0v) is 14.3. The number of hydrogen-bond acceptors (Lipinski definition) is 4. The van der Waals surface area contributed by atoms with Gasteiger partial charge in [-0.25, -0.2) is 9.37 Å². The second-order valence-corrected chi connectivity index (χ2v) is 6.39. The summed E-state index contributed by atoms with van der Waals surface area (Å²) in [7, 11) is 0. The fourth-order valence-electron chi connectivity index (χ4n) is 2.56. The maximum atomic E-state index is 14.0. The molecule has 2 aromatic heterocycles. The van der Waals surface area contributed by atoms with Crippen LogP contribution in [0.2, 0.25) is 0 Å². The van der Waals surface area contributed by atoms with Crippen LogP contribution in [0.1, 0.15) is 10.4 Å². The van der Waals surface area contributed by atoms with Crippen molar-refractivity contribution >= 4 is 22.9 Å². The first-order valence-corrected chi connectivity index (χ1v) is 8.74. The van der Waals surface area contributed by atoms with E-state index in [0.717, 1.165) is 5.56 Å². The highest BCUT2D eigenvalue weighted by atomic mass is 32.1. The van der Waals surface area contributed by atoms with Crippen molar-refractivity contribution in [1.82, 2.24) is 4.98 Å². The Hall–Kier alpha value is -3.25. The number of carbonyl (C=O) groups is 1. The minimum Gasteiger partial charge on any atom is -0.472 e. The molecule has 4 aromatic rings. The number of furan rings is 1. The highest BCUT2D eigenvalue weighted by molar-refractivity contribution is 7.13. The van der Waals surface area contributed by atoms with Gasteiger partial charge in [0.05, 0.1) is 23.2 Å². The molecule has 1 amide bonds. The number of benzene rings is 2. The van der Waals surface area contributed by atoms with Crippen molar-refractivity contribution < 1.29 is 13.6 Å². The van der Waals surface area contributed by atoms with Crippen LogP contribution in [-0.2, 0) is 0 Å². The first-order chi connectivity index (χ1) is 12.7. The smallest absolute Gasteiger partial charge is 0.258 e. The van der Waals surface area contributed by atoms with E-state index in [1.165, 1.54) is 29.9 Å². The SMILES string of the molecule is O=C(Nc1ccccc1-c1csc(-c2ccccc2F)n1)c1ccoc1. The Balaban J connectivity index is 1.67. The highest BCUT2D eigenvalue weighted by Gasteiger charge is 2.15. The summed E-state index contributed by atoms with van der Waals surface area (Å²) in [5, 5.41) is 5.31. The number of hydrogen-bond donors (Lipinski definition) is 1. The predicted molar refractivity (Wildman–Crippen MR) is 99.6 cm³/mol. The molecule has 2 aromatic carbocycles. The number of nitrogens with zero attached hydrogens (tertiary/aromatic N) is 1. The fourth-order valence-corrected chi connectivity index (χ4v) is 3.41. The molecule has 0 bridgehead atoms. The average Bonchev–Trinajstić information content (AvgIpc) is 3.35. The molecule has 0 aliphatic heterocycles. The van der Waals surface area contributed by atoms with Crippen molar-refractivity contribution in [1.29, 1.82) is 0 Å².